The van der Waals surface area contributed by atoms with Crippen molar-refractivity contribution in [1.29, 1.82) is 0 Å². The first kappa shape index (κ1) is 17.8. The van der Waals surface area contributed by atoms with E-state index < -0.39 is 6.04 Å². The molecule has 0 radical (unpaired) electrons. The Kier molecular flexibility index (Phi) is 5.09. The lowest BCUT2D eigenvalue weighted by Gasteiger charge is -2.30. The van der Waals surface area contributed by atoms with Gasteiger partial charge in [-0.25, -0.2) is 0 Å². The van der Waals surface area contributed by atoms with Gasteiger partial charge in [-0.2, -0.15) is 0 Å². The summed E-state index contributed by atoms with van der Waals surface area (Å²) in [5.74, 6) is -0.580. The molecule has 1 aromatic heterocycles. The number of nitrogens with one attached hydrogen (secondary N) is 2. The summed E-state index contributed by atoms with van der Waals surface area (Å²) < 4.78 is 0. The Balaban J connectivity index is 1.87. The first-order chi connectivity index (χ1) is 12.5. The smallest absolute Gasteiger partial charge is 0.243 e. The number of aromatic amines is 1. The summed E-state index contributed by atoms with van der Waals surface area (Å²) in [4.78, 5) is 51.1. The number of aromatic nitrogens is 1. The van der Waals surface area contributed by atoms with Crippen molar-refractivity contribution >= 4 is 18.1 Å². The molecule has 0 saturated carbocycles. The lowest BCUT2D eigenvalue weighted by atomic mass is 10.00. The number of carbonyl (C=O) groups is 3. The van der Waals surface area contributed by atoms with Crippen molar-refractivity contribution in [3.8, 4) is 11.3 Å². The molecule has 1 aliphatic rings. The van der Waals surface area contributed by atoms with Crippen molar-refractivity contribution in [2.24, 2.45) is 0 Å². The van der Waals surface area contributed by atoms with E-state index in [1.165, 1.54) is 12.1 Å². The van der Waals surface area contributed by atoms with E-state index in [1.807, 2.05) is 11.0 Å². The molecule has 7 heteroatoms. The van der Waals surface area contributed by atoms with Crippen molar-refractivity contribution in [3.63, 3.8) is 0 Å². The Morgan fingerprint density at radius 2 is 2.00 bits per heavy atom. The summed E-state index contributed by atoms with van der Waals surface area (Å²) in [6.07, 6.45) is 3.08. The van der Waals surface area contributed by atoms with Crippen LogP contribution in [0.4, 0.5) is 0 Å². The van der Waals surface area contributed by atoms with Crippen molar-refractivity contribution in [2.45, 2.75) is 25.4 Å². The average Bonchev–Trinajstić information content (AvgIpc) is 2.61. The van der Waals surface area contributed by atoms with Gasteiger partial charge >= 0.3 is 0 Å². The number of benzene rings is 1. The van der Waals surface area contributed by atoms with Crippen LogP contribution in [-0.4, -0.2) is 41.1 Å². The number of aldehydes is 1. The zero-order chi connectivity index (χ0) is 18.7. The third-order valence-corrected chi connectivity index (χ3v) is 4.52. The normalized spacial score (nSPS) is 17.2. The largest absolute Gasteiger partial charge is 0.361 e. The Labute approximate surface area is 150 Å². The molecule has 1 saturated heterocycles. The number of rotatable bonds is 5. The number of hydrogen-bond acceptors (Lipinski definition) is 5. The predicted octanol–water partition coefficient (Wildman–Crippen LogP) is 1.09. The summed E-state index contributed by atoms with van der Waals surface area (Å²) in [7, 11) is 1.78. The minimum atomic E-state index is -0.424. The van der Waals surface area contributed by atoms with Gasteiger partial charge in [0.05, 0.1) is 6.04 Å². The third kappa shape index (κ3) is 3.78. The molecule has 2 amide bonds. The summed E-state index contributed by atoms with van der Waals surface area (Å²) in [6, 6.07) is 7.79. The second-order valence-corrected chi connectivity index (χ2v) is 6.35. The maximum atomic E-state index is 12.0. The van der Waals surface area contributed by atoms with Gasteiger partial charge in [0.15, 0.2) is 5.43 Å². The zero-order valence-corrected chi connectivity index (χ0v) is 14.3. The Morgan fingerprint density at radius 1 is 1.19 bits per heavy atom. The maximum Gasteiger partial charge on any atom is 0.243 e. The number of nitrogens with zero attached hydrogens (tertiary/aromatic N) is 1. The molecule has 0 spiro atoms. The lowest BCUT2D eigenvalue weighted by molar-refractivity contribution is -0.137. The van der Waals surface area contributed by atoms with E-state index in [0.717, 1.165) is 17.4 Å². The Morgan fingerprint density at radius 3 is 2.69 bits per heavy atom. The lowest BCUT2D eigenvalue weighted by Crippen LogP contribution is -2.51. The Hall–Kier alpha value is -3.06. The van der Waals surface area contributed by atoms with E-state index >= 15 is 0 Å². The minimum Gasteiger partial charge on any atom is -0.361 e. The molecule has 7 nitrogen and oxygen atoms in total. The highest BCUT2D eigenvalue weighted by molar-refractivity contribution is 6.00. The van der Waals surface area contributed by atoms with Gasteiger partial charge in [0, 0.05) is 42.6 Å². The van der Waals surface area contributed by atoms with E-state index in [1.54, 1.807) is 25.4 Å². The van der Waals surface area contributed by atoms with Crippen LogP contribution in [0.2, 0.25) is 0 Å². The molecule has 134 valence electrons. The Bertz CT molecular complexity index is 919. The molecule has 1 unspecified atom stereocenters. The van der Waals surface area contributed by atoms with E-state index in [-0.39, 0.29) is 17.2 Å². The molecule has 3 rings (SSSR count). The van der Waals surface area contributed by atoms with Crippen LogP contribution in [0.5, 0.6) is 0 Å². The molecule has 2 N–H and O–H groups in total. The number of hydrogen-bond donors (Lipinski definition) is 2. The molecular formula is C19H19N3O4. The van der Waals surface area contributed by atoms with Crippen molar-refractivity contribution < 1.29 is 14.4 Å². The van der Waals surface area contributed by atoms with Gasteiger partial charge in [-0.05, 0) is 30.7 Å². The molecular weight excluding hydrogens is 334 g/mol. The van der Waals surface area contributed by atoms with Gasteiger partial charge in [0.2, 0.25) is 11.8 Å². The number of likely N-dealkylation sites (N-methyl/N-ethyl adjacent to an activating group) is 1. The van der Waals surface area contributed by atoms with Crippen LogP contribution in [0, 0.1) is 0 Å². The monoisotopic (exact) mass is 353 g/mol. The van der Waals surface area contributed by atoms with Crippen LogP contribution in [0.15, 0.2) is 41.3 Å². The minimum absolute atomic E-state index is 0.111. The van der Waals surface area contributed by atoms with Gasteiger partial charge in [-0.15, -0.1) is 0 Å². The van der Waals surface area contributed by atoms with Gasteiger partial charge in [-0.3, -0.25) is 29.4 Å². The topological polar surface area (TPSA) is 99.3 Å². The standard InChI is InChI=1S/C19H19N3O4/c1-22(17-4-5-18(25)21-19(17)26)10-14-8-12(2-3-13(14)11-23)16-9-15(24)6-7-20-16/h2-3,6-9,11,17H,4-5,10H2,1H3,(H,20,24)(H,21,25,26). The SMILES string of the molecule is CN(Cc1cc(-c2cc(=O)cc[nH]2)ccc1C=O)C1CCC(=O)NC1=O. The van der Waals surface area contributed by atoms with Crippen LogP contribution in [0.1, 0.15) is 28.8 Å². The van der Waals surface area contributed by atoms with Gasteiger partial charge in [0.25, 0.3) is 0 Å². The van der Waals surface area contributed by atoms with Crippen LogP contribution in [-0.2, 0) is 16.1 Å². The van der Waals surface area contributed by atoms with Gasteiger partial charge in [-0.1, -0.05) is 12.1 Å². The molecule has 0 bridgehead atoms. The second-order valence-electron chi connectivity index (χ2n) is 6.35. The van der Waals surface area contributed by atoms with Gasteiger partial charge < -0.3 is 4.98 Å². The number of pyridine rings is 1. The number of amides is 2. The van der Waals surface area contributed by atoms with Gasteiger partial charge in [0.1, 0.15) is 6.29 Å². The molecule has 1 atom stereocenters. The molecule has 2 heterocycles. The fourth-order valence-electron chi connectivity index (χ4n) is 3.12. The molecule has 1 aromatic carbocycles. The van der Waals surface area contributed by atoms with E-state index in [9.17, 15) is 19.2 Å². The predicted molar refractivity (Wildman–Crippen MR) is 95.5 cm³/mol. The fraction of sp³-hybridized carbons (Fsp3) is 0.263. The van der Waals surface area contributed by atoms with E-state index in [0.29, 0.717) is 30.6 Å². The number of imide groups is 1. The fourth-order valence-corrected chi connectivity index (χ4v) is 3.12. The van der Waals surface area contributed by atoms with E-state index in [2.05, 4.69) is 10.3 Å². The maximum absolute atomic E-state index is 12.0. The highest BCUT2D eigenvalue weighted by atomic mass is 16.2. The van der Waals surface area contributed by atoms with E-state index in [4.69, 9.17) is 0 Å². The quantitative estimate of drug-likeness (QED) is 0.619. The number of H-pyrrole nitrogens is 1. The number of piperidine rings is 1. The molecule has 1 fully saturated rings. The highest BCUT2D eigenvalue weighted by Gasteiger charge is 2.30. The summed E-state index contributed by atoms with van der Waals surface area (Å²) in [6.45, 7) is 0.366. The highest BCUT2D eigenvalue weighted by Crippen LogP contribution is 2.22. The second kappa shape index (κ2) is 7.45. The van der Waals surface area contributed by atoms with Crippen LogP contribution < -0.4 is 10.7 Å². The molecule has 1 aliphatic heterocycles. The summed E-state index contributed by atoms with van der Waals surface area (Å²) >= 11 is 0. The molecule has 0 aliphatic carbocycles. The van der Waals surface area contributed by atoms with Crippen molar-refractivity contribution in [3.05, 3.63) is 57.9 Å². The summed E-state index contributed by atoms with van der Waals surface area (Å²) in [5.41, 5.74) is 2.58. The van der Waals surface area contributed by atoms with Crippen LogP contribution >= 0.6 is 0 Å². The third-order valence-electron chi connectivity index (χ3n) is 4.52. The van der Waals surface area contributed by atoms with Crippen LogP contribution in [0.3, 0.4) is 0 Å². The first-order valence-corrected chi connectivity index (χ1v) is 8.29. The van der Waals surface area contributed by atoms with Crippen molar-refractivity contribution in [2.75, 3.05) is 7.05 Å². The first-order valence-electron chi connectivity index (χ1n) is 8.29. The molecule has 26 heavy (non-hydrogen) atoms. The van der Waals surface area contributed by atoms with Crippen molar-refractivity contribution in [1.82, 2.24) is 15.2 Å². The number of carbonyl (C=O) groups excluding carboxylic acids is 3. The average molecular weight is 353 g/mol. The van der Waals surface area contributed by atoms with Crippen LogP contribution in [0.25, 0.3) is 11.3 Å². The molecule has 2 aromatic rings. The summed E-state index contributed by atoms with van der Waals surface area (Å²) in [5, 5.41) is 2.34. The zero-order valence-electron chi connectivity index (χ0n) is 14.3.